The Labute approximate surface area is 288 Å². The number of hydrogen-bond donors (Lipinski definition) is 8. The highest BCUT2D eigenvalue weighted by Gasteiger charge is 2.72. The number of aliphatic hydroxyl groups excluding tert-OH is 6. The first kappa shape index (κ1) is 37.1. The minimum Gasteiger partial charge on any atom is -0.481 e. The summed E-state index contributed by atoms with van der Waals surface area (Å²) in [6.45, 7) is 9.76. The van der Waals surface area contributed by atoms with Crippen LogP contribution in [-0.4, -0.2) is 109 Å². The van der Waals surface area contributed by atoms with E-state index < -0.39 is 88.5 Å². The van der Waals surface area contributed by atoms with Gasteiger partial charge in [-0.25, -0.2) is 0 Å². The highest BCUT2D eigenvalue weighted by atomic mass is 16.7. The van der Waals surface area contributed by atoms with E-state index in [4.69, 9.17) is 9.47 Å². The number of rotatable bonds is 7. The summed E-state index contributed by atoms with van der Waals surface area (Å²) < 4.78 is 11.9. The number of ether oxygens (including phenoxy) is 2. The molecule has 0 amide bonds. The maximum Gasteiger partial charge on any atom is 0.310 e. The van der Waals surface area contributed by atoms with Crippen LogP contribution in [0.5, 0.6) is 0 Å². The molecule has 0 bridgehead atoms. The van der Waals surface area contributed by atoms with Crippen molar-refractivity contribution in [2.75, 3.05) is 13.2 Å². The van der Waals surface area contributed by atoms with Crippen LogP contribution in [0.4, 0.5) is 0 Å². The zero-order valence-corrected chi connectivity index (χ0v) is 29.5. The molecule has 12 nitrogen and oxygen atoms in total. The summed E-state index contributed by atoms with van der Waals surface area (Å²) in [4.78, 5) is 25.6. The second-order valence-corrected chi connectivity index (χ2v) is 18.2. The highest BCUT2D eigenvalue weighted by molar-refractivity contribution is 5.76. The van der Waals surface area contributed by atoms with Crippen molar-refractivity contribution >= 4 is 11.9 Å². The lowest BCUT2D eigenvalue weighted by Crippen LogP contribution is -2.70. The van der Waals surface area contributed by atoms with Gasteiger partial charge in [-0.2, -0.15) is 0 Å². The Kier molecular flexibility index (Phi) is 9.26. The summed E-state index contributed by atoms with van der Waals surface area (Å²) in [7, 11) is 0. The van der Waals surface area contributed by atoms with Gasteiger partial charge in [0.1, 0.15) is 24.4 Å². The first-order valence-electron chi connectivity index (χ1n) is 18.2. The second kappa shape index (κ2) is 12.2. The standard InChI is InChI=1S/C37H58O12/c1-32(2)10-11-36(31(46)47)12-13-37(18-39)19(20(36)14-32)6-7-24-33(3)15-21(40)29(49-30-28(45)27(44)26(43)22(17-38)48-30)34(4,16-25(41)42)23(33)8-9-35(24,37)5/h6,20-24,26-30,38-40,43-45H,7-18H2,1-5H3,(H,41,42)(H,46,47). The Morgan fingerprint density at radius 1 is 0.878 bits per heavy atom. The van der Waals surface area contributed by atoms with Crippen LogP contribution >= 0.6 is 0 Å². The van der Waals surface area contributed by atoms with Crippen LogP contribution in [0.25, 0.3) is 0 Å². The van der Waals surface area contributed by atoms with E-state index in [1.165, 1.54) is 0 Å². The summed E-state index contributed by atoms with van der Waals surface area (Å²) in [5.74, 6) is -2.37. The van der Waals surface area contributed by atoms with Crippen molar-refractivity contribution < 1.29 is 59.9 Å². The minimum atomic E-state index is -1.71. The first-order chi connectivity index (χ1) is 22.8. The van der Waals surface area contributed by atoms with Gasteiger partial charge >= 0.3 is 11.9 Å². The SMILES string of the molecule is CC1(C)CCC2(C(=O)O)CCC3(CO)C(=CCC4C5(C)CC(O)C(OC6OC(CO)C(O)C(O)C6O)C(C)(CC(=O)O)C5CCC43C)C2C1. The average Bonchev–Trinajstić information content (AvgIpc) is 3.01. The topological polar surface area (TPSA) is 214 Å². The molecule has 6 rings (SSSR count). The maximum atomic E-state index is 13.0. The van der Waals surface area contributed by atoms with E-state index in [1.807, 2.05) is 0 Å². The highest BCUT2D eigenvalue weighted by Crippen LogP contribution is 2.76. The van der Waals surface area contributed by atoms with Gasteiger partial charge in [0.15, 0.2) is 6.29 Å². The fourth-order valence-electron chi connectivity index (χ4n) is 12.8. The van der Waals surface area contributed by atoms with Crippen molar-refractivity contribution in [2.45, 2.75) is 142 Å². The number of carboxylic acid groups (broad SMARTS) is 2. The molecule has 0 aromatic heterocycles. The van der Waals surface area contributed by atoms with Crippen molar-refractivity contribution in [3.63, 3.8) is 0 Å². The van der Waals surface area contributed by atoms with Crippen molar-refractivity contribution in [2.24, 2.45) is 50.2 Å². The number of aliphatic carboxylic acids is 2. The van der Waals surface area contributed by atoms with Crippen LogP contribution in [0.3, 0.4) is 0 Å². The average molecular weight is 695 g/mol. The molecule has 5 aliphatic carbocycles. The predicted octanol–water partition coefficient (Wildman–Crippen LogP) is 2.46. The van der Waals surface area contributed by atoms with Gasteiger partial charge < -0.3 is 50.3 Å². The van der Waals surface area contributed by atoms with Gasteiger partial charge in [-0.3, -0.25) is 9.59 Å². The molecular formula is C37H58O12. The lowest BCUT2D eigenvalue weighted by Gasteiger charge is -2.72. The summed E-state index contributed by atoms with van der Waals surface area (Å²) in [6, 6.07) is 0. The molecule has 4 saturated carbocycles. The normalized spacial score (nSPS) is 52.1. The molecule has 6 aliphatic rings. The van der Waals surface area contributed by atoms with Crippen LogP contribution in [0.2, 0.25) is 0 Å². The van der Waals surface area contributed by atoms with Gasteiger partial charge in [0.2, 0.25) is 0 Å². The molecule has 0 spiro atoms. The molecule has 15 atom stereocenters. The van der Waals surface area contributed by atoms with Gasteiger partial charge in [0, 0.05) is 10.8 Å². The first-order valence-corrected chi connectivity index (χ1v) is 18.2. The van der Waals surface area contributed by atoms with Gasteiger partial charge in [-0.1, -0.05) is 46.3 Å². The number of aliphatic hydroxyl groups is 6. The third-order valence-electron chi connectivity index (χ3n) is 15.4. The van der Waals surface area contributed by atoms with Crippen molar-refractivity contribution in [1.82, 2.24) is 0 Å². The largest absolute Gasteiger partial charge is 0.481 e. The monoisotopic (exact) mass is 694 g/mol. The molecule has 1 heterocycles. The Hall–Kier alpha value is -1.64. The summed E-state index contributed by atoms with van der Waals surface area (Å²) in [5, 5.41) is 85.6. The molecule has 278 valence electrons. The van der Waals surface area contributed by atoms with E-state index in [2.05, 4.69) is 33.8 Å². The number of carbonyl (C=O) groups is 2. The molecular weight excluding hydrogens is 636 g/mol. The lowest BCUT2D eigenvalue weighted by atomic mass is 9.33. The van der Waals surface area contributed by atoms with Crippen molar-refractivity contribution in [1.29, 1.82) is 0 Å². The lowest BCUT2D eigenvalue weighted by molar-refractivity contribution is -0.343. The zero-order valence-electron chi connectivity index (χ0n) is 29.5. The molecule has 49 heavy (non-hydrogen) atoms. The van der Waals surface area contributed by atoms with Gasteiger partial charge in [0.05, 0.1) is 37.3 Å². The zero-order chi connectivity index (χ0) is 36.1. The Bertz CT molecular complexity index is 1350. The van der Waals surface area contributed by atoms with E-state index >= 15 is 0 Å². The van der Waals surface area contributed by atoms with Crippen LogP contribution in [0.15, 0.2) is 11.6 Å². The molecule has 1 saturated heterocycles. The molecule has 5 fully saturated rings. The molecule has 1 aliphatic heterocycles. The minimum absolute atomic E-state index is 0.0352. The smallest absolute Gasteiger partial charge is 0.310 e. The molecule has 0 aromatic rings. The van der Waals surface area contributed by atoms with Crippen LogP contribution < -0.4 is 0 Å². The summed E-state index contributed by atoms with van der Waals surface area (Å²) in [6.07, 6.45) is -2.91. The van der Waals surface area contributed by atoms with Crippen LogP contribution in [0, 0.1) is 50.2 Å². The predicted molar refractivity (Wildman–Crippen MR) is 175 cm³/mol. The number of hydrogen-bond acceptors (Lipinski definition) is 10. The molecule has 8 N–H and O–H groups in total. The maximum absolute atomic E-state index is 13.0. The van der Waals surface area contributed by atoms with Crippen molar-refractivity contribution in [3.8, 4) is 0 Å². The fraction of sp³-hybridized carbons (Fsp3) is 0.892. The number of carboxylic acids is 2. The Morgan fingerprint density at radius 3 is 2.16 bits per heavy atom. The van der Waals surface area contributed by atoms with E-state index in [9.17, 15) is 50.4 Å². The molecule has 0 radical (unpaired) electrons. The summed E-state index contributed by atoms with van der Waals surface area (Å²) in [5.41, 5.74) is -2.70. The third-order valence-corrected chi connectivity index (χ3v) is 15.4. The molecule has 0 aromatic carbocycles. The van der Waals surface area contributed by atoms with Crippen LogP contribution in [-0.2, 0) is 19.1 Å². The van der Waals surface area contributed by atoms with E-state index in [1.54, 1.807) is 6.92 Å². The van der Waals surface area contributed by atoms with Gasteiger partial charge in [0.25, 0.3) is 0 Å². The van der Waals surface area contributed by atoms with Gasteiger partial charge in [-0.05, 0) is 91.8 Å². The van der Waals surface area contributed by atoms with E-state index in [0.29, 0.717) is 38.5 Å². The number of allylic oxidation sites excluding steroid dienone is 1. The molecule has 15 unspecified atom stereocenters. The van der Waals surface area contributed by atoms with Crippen LogP contribution in [0.1, 0.15) is 98.8 Å². The van der Waals surface area contributed by atoms with E-state index in [-0.39, 0.29) is 42.6 Å². The van der Waals surface area contributed by atoms with E-state index in [0.717, 1.165) is 18.4 Å². The quantitative estimate of drug-likeness (QED) is 0.143. The van der Waals surface area contributed by atoms with Crippen molar-refractivity contribution in [3.05, 3.63) is 11.6 Å². The summed E-state index contributed by atoms with van der Waals surface area (Å²) >= 11 is 0. The third kappa shape index (κ3) is 5.21. The molecule has 12 heteroatoms. The van der Waals surface area contributed by atoms with Gasteiger partial charge in [-0.15, -0.1) is 0 Å². The number of fused-ring (bicyclic) bond motifs is 7. The Balaban J connectivity index is 1.39. The Morgan fingerprint density at radius 2 is 1.55 bits per heavy atom. The fourth-order valence-corrected chi connectivity index (χ4v) is 12.8. The second-order valence-electron chi connectivity index (χ2n) is 18.2.